The van der Waals surface area contributed by atoms with Gasteiger partial charge in [0.15, 0.2) is 0 Å². The van der Waals surface area contributed by atoms with Crippen LogP contribution >= 0.6 is 12.4 Å². The number of hydrogen-bond acceptors (Lipinski definition) is 3. The van der Waals surface area contributed by atoms with Gasteiger partial charge in [0.05, 0.1) is 6.42 Å². The van der Waals surface area contributed by atoms with E-state index in [1.807, 2.05) is 36.4 Å². The Hall–Kier alpha value is -2.63. The zero-order valence-corrected chi connectivity index (χ0v) is 17.0. The van der Waals surface area contributed by atoms with Gasteiger partial charge in [-0.15, -0.1) is 12.4 Å². The van der Waals surface area contributed by atoms with Gasteiger partial charge in [-0.2, -0.15) is 0 Å². The Kier molecular flexibility index (Phi) is 7.00. The molecule has 0 spiro atoms. The van der Waals surface area contributed by atoms with E-state index in [0.717, 1.165) is 27.8 Å². The molecular formula is C22H26ClN3O2. The third kappa shape index (κ3) is 4.26. The van der Waals surface area contributed by atoms with Crippen molar-refractivity contribution in [1.82, 2.24) is 4.57 Å². The summed E-state index contributed by atoms with van der Waals surface area (Å²) in [6.07, 6.45) is 0.136. The van der Waals surface area contributed by atoms with Crippen LogP contribution in [0.4, 0.5) is 0 Å². The molecule has 3 aromatic rings. The maximum Gasteiger partial charge on any atom is 0.258 e. The SMILES string of the molecule is CC(C)Cn1c(CN)c(-c2ccccc2)c2cc(CC(N)=O)ccc2c1=O.Cl. The zero-order valence-electron chi connectivity index (χ0n) is 16.1. The van der Waals surface area contributed by atoms with Gasteiger partial charge in [-0.3, -0.25) is 9.59 Å². The normalized spacial score (nSPS) is 10.9. The summed E-state index contributed by atoms with van der Waals surface area (Å²) < 4.78 is 1.79. The molecule has 28 heavy (non-hydrogen) atoms. The van der Waals surface area contributed by atoms with Crippen molar-refractivity contribution < 1.29 is 4.79 Å². The summed E-state index contributed by atoms with van der Waals surface area (Å²) in [7, 11) is 0. The molecule has 5 nitrogen and oxygen atoms in total. The van der Waals surface area contributed by atoms with Gasteiger partial charge in [0.25, 0.3) is 5.56 Å². The zero-order chi connectivity index (χ0) is 19.6. The number of primary amides is 1. The minimum absolute atomic E-state index is 0. The van der Waals surface area contributed by atoms with Crippen molar-refractivity contribution in [2.75, 3.05) is 0 Å². The lowest BCUT2D eigenvalue weighted by Gasteiger charge is -2.21. The van der Waals surface area contributed by atoms with E-state index in [9.17, 15) is 9.59 Å². The number of aromatic nitrogens is 1. The highest BCUT2D eigenvalue weighted by Crippen LogP contribution is 2.31. The lowest BCUT2D eigenvalue weighted by Crippen LogP contribution is -2.28. The van der Waals surface area contributed by atoms with E-state index in [2.05, 4.69) is 13.8 Å². The van der Waals surface area contributed by atoms with E-state index in [1.54, 1.807) is 16.7 Å². The number of pyridine rings is 1. The van der Waals surface area contributed by atoms with Gasteiger partial charge in [0.2, 0.25) is 5.91 Å². The van der Waals surface area contributed by atoms with Crippen molar-refractivity contribution in [3.8, 4) is 11.1 Å². The van der Waals surface area contributed by atoms with E-state index < -0.39 is 5.91 Å². The summed E-state index contributed by atoms with van der Waals surface area (Å²) in [6, 6.07) is 15.4. The average Bonchev–Trinajstić information content (AvgIpc) is 2.63. The quantitative estimate of drug-likeness (QED) is 0.666. The summed E-state index contributed by atoms with van der Waals surface area (Å²) in [5, 5.41) is 1.44. The minimum Gasteiger partial charge on any atom is -0.369 e. The number of fused-ring (bicyclic) bond motifs is 1. The highest BCUT2D eigenvalue weighted by molar-refractivity contribution is 5.98. The lowest BCUT2D eigenvalue weighted by molar-refractivity contribution is -0.117. The Balaban J connectivity index is 0.00000280. The molecule has 1 amide bonds. The van der Waals surface area contributed by atoms with E-state index in [0.29, 0.717) is 17.8 Å². The monoisotopic (exact) mass is 399 g/mol. The van der Waals surface area contributed by atoms with Crippen LogP contribution in [0.1, 0.15) is 25.1 Å². The predicted molar refractivity (Wildman–Crippen MR) is 117 cm³/mol. The van der Waals surface area contributed by atoms with E-state index in [4.69, 9.17) is 11.5 Å². The van der Waals surface area contributed by atoms with Crippen molar-refractivity contribution >= 4 is 29.1 Å². The second kappa shape index (κ2) is 9.04. The Labute approximate surface area is 170 Å². The molecule has 0 aliphatic rings. The van der Waals surface area contributed by atoms with Crippen molar-refractivity contribution in [3.63, 3.8) is 0 Å². The predicted octanol–water partition coefficient (Wildman–Crippen LogP) is 3.23. The smallest absolute Gasteiger partial charge is 0.258 e. The largest absolute Gasteiger partial charge is 0.369 e. The topological polar surface area (TPSA) is 91.1 Å². The molecule has 0 radical (unpaired) electrons. The van der Waals surface area contributed by atoms with Crippen LogP contribution in [0.2, 0.25) is 0 Å². The van der Waals surface area contributed by atoms with Crippen LogP contribution in [0.15, 0.2) is 53.3 Å². The molecule has 0 saturated carbocycles. The summed E-state index contributed by atoms with van der Waals surface area (Å²) in [4.78, 5) is 24.5. The lowest BCUT2D eigenvalue weighted by atomic mass is 9.94. The molecule has 1 heterocycles. The molecule has 0 aliphatic heterocycles. The van der Waals surface area contributed by atoms with Crippen LogP contribution in [-0.2, 0) is 24.3 Å². The Morgan fingerprint density at radius 3 is 2.32 bits per heavy atom. The van der Waals surface area contributed by atoms with Crippen LogP contribution in [0.25, 0.3) is 21.9 Å². The third-order valence-corrected chi connectivity index (χ3v) is 4.63. The Bertz CT molecular complexity index is 1040. The number of nitrogens with two attached hydrogens (primary N) is 2. The van der Waals surface area contributed by atoms with Gasteiger partial charge >= 0.3 is 0 Å². The first-order chi connectivity index (χ1) is 12.9. The van der Waals surface area contributed by atoms with Gasteiger partial charge in [-0.25, -0.2) is 0 Å². The fourth-order valence-corrected chi connectivity index (χ4v) is 3.55. The van der Waals surface area contributed by atoms with Gasteiger partial charge in [0, 0.05) is 29.7 Å². The molecule has 6 heteroatoms. The van der Waals surface area contributed by atoms with Crippen molar-refractivity contribution in [3.05, 3.63) is 70.1 Å². The minimum atomic E-state index is -0.400. The molecule has 1 aromatic heterocycles. The van der Waals surface area contributed by atoms with E-state index >= 15 is 0 Å². The van der Waals surface area contributed by atoms with Gasteiger partial charge < -0.3 is 16.0 Å². The van der Waals surface area contributed by atoms with Crippen LogP contribution < -0.4 is 17.0 Å². The molecule has 0 saturated heterocycles. The molecule has 0 unspecified atom stereocenters. The first kappa shape index (κ1) is 21.7. The molecule has 0 atom stereocenters. The fraction of sp³-hybridized carbons (Fsp3) is 0.273. The van der Waals surface area contributed by atoms with Crippen LogP contribution in [0.5, 0.6) is 0 Å². The number of benzene rings is 2. The first-order valence-corrected chi connectivity index (χ1v) is 9.14. The number of rotatable bonds is 6. The molecule has 148 valence electrons. The summed E-state index contributed by atoms with van der Waals surface area (Å²) in [6.45, 7) is 5.01. The Morgan fingerprint density at radius 1 is 1.07 bits per heavy atom. The number of hydrogen-bond donors (Lipinski definition) is 2. The summed E-state index contributed by atoms with van der Waals surface area (Å²) in [5.74, 6) is -0.0917. The van der Waals surface area contributed by atoms with E-state index in [-0.39, 0.29) is 30.9 Å². The Morgan fingerprint density at radius 2 is 1.75 bits per heavy atom. The summed E-state index contributed by atoms with van der Waals surface area (Å²) >= 11 is 0. The maximum atomic E-state index is 13.2. The second-order valence-electron chi connectivity index (χ2n) is 7.22. The van der Waals surface area contributed by atoms with Gasteiger partial charge in [-0.1, -0.05) is 50.2 Å². The summed E-state index contributed by atoms with van der Waals surface area (Å²) in [5.41, 5.74) is 15.0. The molecule has 2 aromatic carbocycles. The second-order valence-corrected chi connectivity index (χ2v) is 7.22. The number of carbonyl (C=O) groups excluding carboxylic acids is 1. The molecule has 0 aliphatic carbocycles. The van der Waals surface area contributed by atoms with Crippen LogP contribution in [-0.4, -0.2) is 10.5 Å². The molecule has 3 rings (SSSR count). The highest BCUT2D eigenvalue weighted by atomic mass is 35.5. The standard InChI is InChI=1S/C22H25N3O2.ClH/c1-14(2)13-25-19(12-23)21(16-6-4-3-5-7-16)18-10-15(11-20(24)26)8-9-17(18)22(25)27;/h3-10,14H,11-13,23H2,1-2H3,(H2,24,26);1H. The van der Waals surface area contributed by atoms with Crippen LogP contribution in [0.3, 0.4) is 0 Å². The average molecular weight is 400 g/mol. The number of carbonyl (C=O) groups is 1. The maximum absolute atomic E-state index is 13.2. The van der Waals surface area contributed by atoms with Gasteiger partial charge in [-0.05, 0) is 34.6 Å². The fourth-order valence-electron chi connectivity index (χ4n) is 3.55. The third-order valence-electron chi connectivity index (χ3n) is 4.63. The van der Waals surface area contributed by atoms with E-state index in [1.165, 1.54) is 0 Å². The number of nitrogens with zero attached hydrogens (tertiary/aromatic N) is 1. The molecule has 0 bridgehead atoms. The van der Waals surface area contributed by atoms with Crippen molar-refractivity contribution in [1.29, 1.82) is 0 Å². The molecule has 0 fully saturated rings. The number of halogens is 1. The highest BCUT2D eigenvalue weighted by Gasteiger charge is 2.18. The van der Waals surface area contributed by atoms with Crippen LogP contribution in [0, 0.1) is 5.92 Å². The number of amides is 1. The first-order valence-electron chi connectivity index (χ1n) is 9.14. The molecular weight excluding hydrogens is 374 g/mol. The molecule has 4 N–H and O–H groups in total. The van der Waals surface area contributed by atoms with Crippen molar-refractivity contribution in [2.24, 2.45) is 17.4 Å². The van der Waals surface area contributed by atoms with Crippen molar-refractivity contribution in [2.45, 2.75) is 33.4 Å². The van der Waals surface area contributed by atoms with Gasteiger partial charge in [0.1, 0.15) is 0 Å².